The third-order valence-corrected chi connectivity index (χ3v) is 5.82. The van der Waals surface area contributed by atoms with Crippen LogP contribution in [0.1, 0.15) is 35.0 Å². The highest BCUT2D eigenvalue weighted by atomic mass is 16.5. The van der Waals surface area contributed by atoms with Gasteiger partial charge in [0, 0.05) is 49.6 Å². The molecule has 156 valence electrons. The molecular formula is C24H28N4O2. The summed E-state index contributed by atoms with van der Waals surface area (Å²) in [7, 11) is 5.64. The van der Waals surface area contributed by atoms with Crippen molar-refractivity contribution in [2.75, 3.05) is 37.6 Å². The van der Waals surface area contributed by atoms with Gasteiger partial charge in [0.15, 0.2) is 0 Å². The fraction of sp³-hybridized carbons (Fsp3) is 0.375. The maximum absolute atomic E-state index is 13.3. The fourth-order valence-electron chi connectivity index (χ4n) is 4.27. The van der Waals surface area contributed by atoms with Gasteiger partial charge in [-0.15, -0.1) is 0 Å². The first-order valence-corrected chi connectivity index (χ1v) is 10.3. The molecule has 3 heterocycles. The van der Waals surface area contributed by atoms with Crippen molar-refractivity contribution in [1.29, 1.82) is 0 Å². The third kappa shape index (κ3) is 3.12. The minimum Gasteiger partial charge on any atom is -0.383 e. The van der Waals surface area contributed by atoms with Crippen LogP contribution < -0.4 is 9.80 Å². The van der Waals surface area contributed by atoms with Crippen molar-refractivity contribution in [2.45, 2.75) is 33.2 Å². The number of aromatic nitrogens is 2. The molecule has 0 saturated heterocycles. The normalized spacial score (nSPS) is 13.9. The average Bonchev–Trinajstić information content (AvgIpc) is 2.99. The molecule has 0 fully saturated rings. The summed E-state index contributed by atoms with van der Waals surface area (Å²) in [5.41, 5.74) is 6.54. The van der Waals surface area contributed by atoms with Gasteiger partial charge in [-0.2, -0.15) is 0 Å². The summed E-state index contributed by atoms with van der Waals surface area (Å²) in [5.74, 6) is 0.939. The predicted octanol–water partition coefficient (Wildman–Crippen LogP) is 4.36. The Morgan fingerprint density at radius 3 is 2.50 bits per heavy atom. The van der Waals surface area contributed by atoms with E-state index < -0.39 is 0 Å². The molecule has 0 bridgehead atoms. The van der Waals surface area contributed by atoms with Gasteiger partial charge in [0.1, 0.15) is 5.82 Å². The van der Waals surface area contributed by atoms with Crippen LogP contribution in [-0.2, 0) is 4.74 Å². The Labute approximate surface area is 177 Å². The molecule has 4 rings (SSSR count). The number of rotatable bonds is 6. The minimum absolute atomic E-state index is 0.00822. The smallest absolute Gasteiger partial charge is 0.259 e. The largest absolute Gasteiger partial charge is 0.383 e. The van der Waals surface area contributed by atoms with Crippen molar-refractivity contribution in [1.82, 2.24) is 9.97 Å². The number of nitrogens with zero attached hydrogens (tertiary/aromatic N) is 4. The lowest BCUT2D eigenvalue weighted by Gasteiger charge is -2.27. The fourth-order valence-corrected chi connectivity index (χ4v) is 4.27. The first kappa shape index (κ1) is 20.3. The third-order valence-electron chi connectivity index (χ3n) is 5.82. The van der Waals surface area contributed by atoms with Crippen LogP contribution in [0.25, 0.3) is 22.0 Å². The Morgan fingerprint density at radius 2 is 1.87 bits per heavy atom. The second-order valence-electron chi connectivity index (χ2n) is 8.11. The van der Waals surface area contributed by atoms with Crippen molar-refractivity contribution in [2.24, 2.45) is 0 Å². The summed E-state index contributed by atoms with van der Waals surface area (Å²) in [6, 6.07) is 8.02. The Morgan fingerprint density at radius 1 is 1.13 bits per heavy atom. The zero-order valence-electron chi connectivity index (χ0n) is 18.5. The Hall–Kier alpha value is -2.99. The molecule has 0 spiro atoms. The molecule has 1 amide bonds. The van der Waals surface area contributed by atoms with Crippen LogP contribution in [-0.4, -0.2) is 49.7 Å². The van der Waals surface area contributed by atoms with E-state index in [1.807, 2.05) is 55.2 Å². The zero-order valence-corrected chi connectivity index (χ0v) is 18.5. The van der Waals surface area contributed by atoms with E-state index in [2.05, 4.69) is 24.9 Å². The van der Waals surface area contributed by atoms with E-state index in [0.717, 1.165) is 51.2 Å². The topological polar surface area (TPSA) is 58.6 Å². The molecule has 0 saturated carbocycles. The molecule has 0 radical (unpaired) electrons. The number of anilines is 2. The number of ether oxygens (including phenoxy) is 1. The molecule has 1 aromatic carbocycles. The molecule has 1 aliphatic rings. The number of methoxy groups -OCH3 is 1. The first-order chi connectivity index (χ1) is 14.4. The first-order valence-electron chi connectivity index (χ1n) is 10.3. The van der Waals surface area contributed by atoms with Crippen LogP contribution in [0, 0.1) is 13.8 Å². The molecule has 2 aromatic heterocycles. The van der Waals surface area contributed by atoms with Crippen LogP contribution >= 0.6 is 0 Å². The van der Waals surface area contributed by atoms with E-state index in [1.54, 1.807) is 7.11 Å². The molecule has 3 aromatic rings. The van der Waals surface area contributed by atoms with E-state index in [-0.39, 0.29) is 11.9 Å². The van der Waals surface area contributed by atoms with E-state index in [0.29, 0.717) is 12.2 Å². The van der Waals surface area contributed by atoms with Gasteiger partial charge in [-0.05, 0) is 44.0 Å². The van der Waals surface area contributed by atoms with Gasteiger partial charge in [0.05, 0.1) is 29.4 Å². The lowest BCUT2D eigenvalue weighted by molar-refractivity contribution is 0.0957. The van der Waals surface area contributed by atoms with Crippen LogP contribution in [0.3, 0.4) is 0 Å². The highest BCUT2D eigenvalue weighted by Gasteiger charge is 2.35. The van der Waals surface area contributed by atoms with Crippen molar-refractivity contribution in [3.63, 3.8) is 0 Å². The van der Waals surface area contributed by atoms with Gasteiger partial charge >= 0.3 is 0 Å². The SMILES string of the molecule is CC[C@@H](COC)N1C(=O)c2ccc(-c3cnc(N(C)C)cc3C)c3nc(C)cc1c23. The Bertz CT molecular complexity index is 1140. The summed E-state index contributed by atoms with van der Waals surface area (Å²) in [6.45, 7) is 6.65. The van der Waals surface area contributed by atoms with Crippen molar-refractivity contribution in [3.8, 4) is 11.1 Å². The highest BCUT2D eigenvalue weighted by Crippen LogP contribution is 2.43. The van der Waals surface area contributed by atoms with E-state index in [1.165, 1.54) is 0 Å². The molecule has 0 N–H and O–H groups in total. The second kappa shape index (κ2) is 7.69. The molecule has 30 heavy (non-hydrogen) atoms. The van der Waals surface area contributed by atoms with Crippen molar-refractivity contribution < 1.29 is 9.53 Å². The van der Waals surface area contributed by atoms with Gasteiger partial charge in [0.2, 0.25) is 0 Å². The lowest BCUT2D eigenvalue weighted by Crippen LogP contribution is -2.40. The maximum Gasteiger partial charge on any atom is 0.259 e. The van der Waals surface area contributed by atoms with Gasteiger partial charge < -0.3 is 14.5 Å². The number of carbonyl (C=O) groups excluding carboxylic acids is 1. The van der Waals surface area contributed by atoms with E-state index >= 15 is 0 Å². The number of hydrogen-bond donors (Lipinski definition) is 0. The van der Waals surface area contributed by atoms with Gasteiger partial charge in [-0.25, -0.2) is 4.98 Å². The quantitative estimate of drug-likeness (QED) is 0.611. The number of carbonyl (C=O) groups is 1. The highest BCUT2D eigenvalue weighted by molar-refractivity contribution is 6.26. The number of pyridine rings is 2. The summed E-state index contributed by atoms with van der Waals surface area (Å²) in [6.07, 6.45) is 2.72. The summed E-state index contributed by atoms with van der Waals surface area (Å²) in [5, 5.41) is 0.925. The standard InChI is InChI=1S/C24H28N4O2/c1-7-16(13-30-6)28-20-11-15(3)26-23-17(8-9-18(22(20)23)24(28)29)19-12-25-21(27(4)5)10-14(19)2/h8-12,16H,7,13H2,1-6H3/t16-/m0/s1. The van der Waals surface area contributed by atoms with Crippen LogP contribution in [0.4, 0.5) is 11.5 Å². The van der Waals surface area contributed by atoms with Crippen molar-refractivity contribution >= 4 is 28.3 Å². The molecule has 1 aliphatic heterocycles. The monoisotopic (exact) mass is 404 g/mol. The van der Waals surface area contributed by atoms with Gasteiger partial charge in [-0.3, -0.25) is 9.78 Å². The minimum atomic E-state index is -0.00822. The van der Waals surface area contributed by atoms with E-state index in [4.69, 9.17) is 9.72 Å². The second-order valence-corrected chi connectivity index (χ2v) is 8.11. The Kier molecular flexibility index (Phi) is 5.20. The maximum atomic E-state index is 13.3. The Balaban J connectivity index is 1.95. The molecular weight excluding hydrogens is 376 g/mol. The lowest BCUT2D eigenvalue weighted by atomic mass is 9.97. The van der Waals surface area contributed by atoms with Crippen molar-refractivity contribution in [3.05, 3.63) is 47.3 Å². The molecule has 0 unspecified atom stereocenters. The van der Waals surface area contributed by atoms with Crippen LogP contribution in [0.15, 0.2) is 30.5 Å². The molecule has 6 heteroatoms. The number of aryl methyl sites for hydroxylation is 2. The van der Waals surface area contributed by atoms with Crippen LogP contribution in [0.2, 0.25) is 0 Å². The van der Waals surface area contributed by atoms with Gasteiger partial charge in [-0.1, -0.05) is 13.0 Å². The molecule has 6 nitrogen and oxygen atoms in total. The van der Waals surface area contributed by atoms with Crippen LogP contribution in [0.5, 0.6) is 0 Å². The zero-order chi connectivity index (χ0) is 21.6. The number of amides is 1. The average molecular weight is 405 g/mol. The molecule has 1 atom stereocenters. The van der Waals surface area contributed by atoms with Gasteiger partial charge in [0.25, 0.3) is 5.91 Å². The number of hydrogen-bond acceptors (Lipinski definition) is 5. The number of benzene rings is 1. The van der Waals surface area contributed by atoms with E-state index in [9.17, 15) is 4.79 Å². The summed E-state index contributed by atoms with van der Waals surface area (Å²) < 4.78 is 5.40. The summed E-state index contributed by atoms with van der Waals surface area (Å²) >= 11 is 0. The molecule has 0 aliphatic carbocycles. The summed E-state index contributed by atoms with van der Waals surface area (Å²) in [4.78, 5) is 26.7. The predicted molar refractivity (Wildman–Crippen MR) is 122 cm³/mol.